The lowest BCUT2D eigenvalue weighted by molar-refractivity contribution is 0.0453. The predicted molar refractivity (Wildman–Crippen MR) is 87.8 cm³/mol. The summed E-state index contributed by atoms with van der Waals surface area (Å²) in [5.41, 5.74) is 6.93. The maximum atomic E-state index is 6.38. The summed E-state index contributed by atoms with van der Waals surface area (Å²) in [6.07, 6.45) is 4.08. The van der Waals surface area contributed by atoms with E-state index in [1.165, 1.54) is 12.8 Å². The molecule has 20 heavy (non-hydrogen) atoms. The highest BCUT2D eigenvalue weighted by molar-refractivity contribution is 9.10. The lowest BCUT2D eigenvalue weighted by Crippen LogP contribution is -2.36. The summed E-state index contributed by atoms with van der Waals surface area (Å²) in [6, 6.07) is 6.14. The van der Waals surface area contributed by atoms with Crippen LogP contribution in [0.3, 0.4) is 0 Å². The fourth-order valence-corrected chi connectivity index (χ4v) is 3.64. The molecular weight excluding hydrogens is 314 g/mol. The SMILES string of the molecule is CC1CCC(C(C)C)C(Oc2ccc(Br)cc2CN)C1. The van der Waals surface area contributed by atoms with E-state index in [-0.39, 0.29) is 0 Å². The molecule has 112 valence electrons. The summed E-state index contributed by atoms with van der Waals surface area (Å²) in [4.78, 5) is 0. The molecule has 3 atom stereocenters. The predicted octanol–water partition coefficient (Wildman–Crippen LogP) is 4.75. The van der Waals surface area contributed by atoms with Gasteiger partial charge in [-0.15, -0.1) is 0 Å². The standard InChI is InChI=1S/C17H26BrNO/c1-11(2)15-6-4-12(3)8-17(15)20-16-7-5-14(18)9-13(16)10-19/h5,7,9,11-12,15,17H,4,6,8,10,19H2,1-3H3. The van der Waals surface area contributed by atoms with Crippen LogP contribution in [0.1, 0.15) is 45.6 Å². The van der Waals surface area contributed by atoms with E-state index in [2.05, 4.69) is 42.8 Å². The normalized spacial score (nSPS) is 26.8. The number of rotatable bonds is 4. The molecule has 0 heterocycles. The van der Waals surface area contributed by atoms with Crippen LogP contribution in [0.25, 0.3) is 0 Å². The second-order valence-electron chi connectivity index (χ2n) is 6.44. The summed E-state index contributed by atoms with van der Waals surface area (Å²) in [7, 11) is 0. The number of hydrogen-bond acceptors (Lipinski definition) is 2. The molecule has 1 aromatic rings. The lowest BCUT2D eigenvalue weighted by Gasteiger charge is -2.37. The second-order valence-corrected chi connectivity index (χ2v) is 7.35. The van der Waals surface area contributed by atoms with Crippen LogP contribution in [0.5, 0.6) is 5.75 Å². The first kappa shape index (κ1) is 15.8. The van der Waals surface area contributed by atoms with E-state index in [0.29, 0.717) is 24.5 Å². The third-order valence-electron chi connectivity index (χ3n) is 4.48. The van der Waals surface area contributed by atoms with Gasteiger partial charge in [-0.1, -0.05) is 43.1 Å². The van der Waals surface area contributed by atoms with Gasteiger partial charge in [-0.05, 0) is 48.8 Å². The fourth-order valence-electron chi connectivity index (χ4n) is 3.24. The Morgan fingerprint density at radius 1 is 1.35 bits per heavy atom. The Morgan fingerprint density at radius 3 is 2.75 bits per heavy atom. The molecule has 2 rings (SSSR count). The van der Waals surface area contributed by atoms with Crippen molar-refractivity contribution in [2.24, 2.45) is 23.5 Å². The molecule has 1 aliphatic rings. The van der Waals surface area contributed by atoms with Gasteiger partial charge < -0.3 is 10.5 Å². The molecule has 0 aromatic heterocycles. The monoisotopic (exact) mass is 339 g/mol. The Kier molecular flexibility index (Phi) is 5.50. The van der Waals surface area contributed by atoms with E-state index in [9.17, 15) is 0 Å². The van der Waals surface area contributed by atoms with E-state index in [1.54, 1.807) is 0 Å². The van der Waals surface area contributed by atoms with Crippen LogP contribution in [-0.4, -0.2) is 6.10 Å². The molecule has 0 amide bonds. The van der Waals surface area contributed by atoms with E-state index in [4.69, 9.17) is 10.5 Å². The molecule has 0 radical (unpaired) electrons. The molecule has 0 aliphatic heterocycles. The smallest absolute Gasteiger partial charge is 0.124 e. The molecule has 0 bridgehead atoms. The van der Waals surface area contributed by atoms with E-state index < -0.39 is 0 Å². The first-order chi connectivity index (χ1) is 9.51. The molecule has 2 nitrogen and oxygen atoms in total. The van der Waals surface area contributed by atoms with Gasteiger partial charge in [-0.3, -0.25) is 0 Å². The minimum atomic E-state index is 0.324. The summed E-state index contributed by atoms with van der Waals surface area (Å²) in [6.45, 7) is 7.46. The zero-order valence-corrected chi connectivity index (χ0v) is 14.3. The van der Waals surface area contributed by atoms with Gasteiger partial charge in [-0.2, -0.15) is 0 Å². The summed E-state index contributed by atoms with van der Waals surface area (Å²) in [5, 5.41) is 0. The zero-order valence-electron chi connectivity index (χ0n) is 12.7. The van der Waals surface area contributed by atoms with Crippen molar-refractivity contribution in [3.05, 3.63) is 28.2 Å². The van der Waals surface area contributed by atoms with Crippen molar-refractivity contribution in [3.63, 3.8) is 0 Å². The maximum absolute atomic E-state index is 6.38. The van der Waals surface area contributed by atoms with Crippen LogP contribution >= 0.6 is 15.9 Å². The summed E-state index contributed by atoms with van der Waals surface area (Å²) < 4.78 is 7.43. The first-order valence-corrected chi connectivity index (χ1v) is 8.45. The minimum absolute atomic E-state index is 0.324. The highest BCUT2D eigenvalue weighted by Gasteiger charge is 2.32. The van der Waals surface area contributed by atoms with E-state index in [1.807, 2.05) is 12.1 Å². The van der Waals surface area contributed by atoms with Gasteiger partial charge in [-0.25, -0.2) is 0 Å². The van der Waals surface area contributed by atoms with Crippen molar-refractivity contribution in [3.8, 4) is 5.75 Å². The number of nitrogens with two attached hydrogens (primary N) is 1. The van der Waals surface area contributed by atoms with Crippen LogP contribution in [-0.2, 0) is 6.54 Å². The van der Waals surface area contributed by atoms with E-state index >= 15 is 0 Å². The summed E-state index contributed by atoms with van der Waals surface area (Å²) in [5.74, 6) is 3.04. The van der Waals surface area contributed by atoms with Gasteiger partial charge >= 0.3 is 0 Å². The van der Waals surface area contributed by atoms with Crippen molar-refractivity contribution in [1.82, 2.24) is 0 Å². The zero-order chi connectivity index (χ0) is 14.7. The highest BCUT2D eigenvalue weighted by Crippen LogP contribution is 2.37. The molecule has 2 N–H and O–H groups in total. The van der Waals surface area contributed by atoms with Gasteiger partial charge in [0.1, 0.15) is 11.9 Å². The molecule has 1 aliphatic carbocycles. The molecule has 3 heteroatoms. The van der Waals surface area contributed by atoms with Gasteiger partial charge in [0.15, 0.2) is 0 Å². The van der Waals surface area contributed by atoms with Crippen molar-refractivity contribution >= 4 is 15.9 Å². The molecule has 1 fully saturated rings. The van der Waals surface area contributed by atoms with Crippen molar-refractivity contribution in [2.75, 3.05) is 0 Å². The van der Waals surface area contributed by atoms with Gasteiger partial charge in [0, 0.05) is 16.6 Å². The van der Waals surface area contributed by atoms with Gasteiger partial charge in [0.25, 0.3) is 0 Å². The minimum Gasteiger partial charge on any atom is -0.490 e. The molecule has 0 spiro atoms. The quantitative estimate of drug-likeness (QED) is 0.859. The molecule has 1 saturated carbocycles. The molecule has 3 unspecified atom stereocenters. The third kappa shape index (κ3) is 3.76. The van der Waals surface area contributed by atoms with Crippen LogP contribution in [0, 0.1) is 17.8 Å². The average molecular weight is 340 g/mol. The van der Waals surface area contributed by atoms with Crippen LogP contribution in [0.4, 0.5) is 0 Å². The third-order valence-corrected chi connectivity index (χ3v) is 4.98. The van der Waals surface area contributed by atoms with Crippen LogP contribution in [0.2, 0.25) is 0 Å². The number of hydrogen-bond donors (Lipinski definition) is 1. The van der Waals surface area contributed by atoms with Crippen molar-refractivity contribution < 1.29 is 4.74 Å². The van der Waals surface area contributed by atoms with Crippen LogP contribution in [0.15, 0.2) is 22.7 Å². The fraction of sp³-hybridized carbons (Fsp3) is 0.647. The van der Waals surface area contributed by atoms with Gasteiger partial charge in [0.05, 0.1) is 0 Å². The van der Waals surface area contributed by atoms with E-state index in [0.717, 1.165) is 28.1 Å². The Balaban J connectivity index is 2.17. The lowest BCUT2D eigenvalue weighted by atomic mass is 9.75. The number of benzene rings is 1. The van der Waals surface area contributed by atoms with Crippen molar-refractivity contribution in [1.29, 1.82) is 0 Å². The number of halogens is 1. The Labute approximate surface area is 131 Å². The Bertz CT molecular complexity index is 447. The average Bonchev–Trinajstić information content (AvgIpc) is 2.40. The second kappa shape index (κ2) is 6.95. The topological polar surface area (TPSA) is 35.2 Å². The van der Waals surface area contributed by atoms with Gasteiger partial charge in [0.2, 0.25) is 0 Å². The summed E-state index contributed by atoms with van der Waals surface area (Å²) >= 11 is 3.50. The van der Waals surface area contributed by atoms with Crippen molar-refractivity contribution in [2.45, 2.75) is 52.7 Å². The molecule has 0 saturated heterocycles. The van der Waals surface area contributed by atoms with Crippen LogP contribution < -0.4 is 10.5 Å². The first-order valence-electron chi connectivity index (χ1n) is 7.66. The maximum Gasteiger partial charge on any atom is 0.124 e. The Morgan fingerprint density at radius 2 is 2.10 bits per heavy atom. The number of ether oxygens (including phenoxy) is 1. The Hall–Kier alpha value is -0.540. The molecule has 1 aromatic carbocycles. The molecular formula is C17H26BrNO. The highest BCUT2D eigenvalue weighted by atomic mass is 79.9. The largest absolute Gasteiger partial charge is 0.490 e.